The lowest BCUT2D eigenvalue weighted by Crippen LogP contribution is -2.03. The summed E-state index contributed by atoms with van der Waals surface area (Å²) in [6, 6.07) is 11.7. The topological polar surface area (TPSA) is 43.4 Å². The van der Waals surface area contributed by atoms with Crippen molar-refractivity contribution in [3.8, 4) is 0 Å². The Bertz CT molecular complexity index is 836. The van der Waals surface area contributed by atoms with Gasteiger partial charge in [-0.3, -0.25) is 0 Å². The molecule has 3 aromatic rings. The van der Waals surface area contributed by atoms with Crippen molar-refractivity contribution in [2.24, 2.45) is 0 Å². The Balaban J connectivity index is 2.01. The maximum Gasteiger partial charge on any atom is 0.183 e. The predicted molar refractivity (Wildman–Crippen MR) is 98.8 cm³/mol. The number of fused-ring (bicyclic) bond motifs is 1. The third-order valence-corrected chi connectivity index (χ3v) is 5.52. The lowest BCUT2D eigenvalue weighted by Gasteiger charge is -2.14. The normalized spacial score (nSPS) is 11.3. The van der Waals surface area contributed by atoms with E-state index in [1.807, 2.05) is 36.4 Å². The van der Waals surface area contributed by atoms with Crippen LogP contribution in [0.2, 0.25) is 5.02 Å². The van der Waals surface area contributed by atoms with E-state index < -0.39 is 6.29 Å². The molecule has 2 aromatic carbocycles. The first-order valence-corrected chi connectivity index (χ1v) is 8.74. The summed E-state index contributed by atoms with van der Waals surface area (Å²) in [5.74, 6) is 0.762. The first-order valence-electron chi connectivity index (χ1n) is 6.80. The number of anilines is 2. The molecule has 3 rings (SSSR count). The summed E-state index contributed by atoms with van der Waals surface area (Å²) in [5, 5.41) is 4.92. The number of rotatable bonds is 5. The van der Waals surface area contributed by atoms with Gasteiger partial charge < -0.3 is 14.8 Å². The molecule has 23 heavy (non-hydrogen) atoms. The van der Waals surface area contributed by atoms with Crippen molar-refractivity contribution in [1.29, 1.82) is 0 Å². The Morgan fingerprint density at radius 3 is 2.74 bits per heavy atom. The average molecular weight is 414 g/mol. The quantitative estimate of drug-likeness (QED) is 0.541. The summed E-state index contributed by atoms with van der Waals surface area (Å²) in [5.41, 5.74) is 1.74. The Labute approximate surface area is 151 Å². The highest BCUT2D eigenvalue weighted by Crippen LogP contribution is 2.36. The molecule has 0 aliphatic heterocycles. The fraction of sp³-hybridized carbons (Fsp3) is 0.188. The van der Waals surface area contributed by atoms with Gasteiger partial charge in [-0.25, -0.2) is 0 Å². The van der Waals surface area contributed by atoms with E-state index in [1.165, 1.54) is 11.5 Å². The molecule has 0 atom stereocenters. The summed E-state index contributed by atoms with van der Waals surface area (Å²) in [7, 11) is 3.23. The van der Waals surface area contributed by atoms with Gasteiger partial charge in [-0.1, -0.05) is 23.7 Å². The van der Waals surface area contributed by atoms with Crippen molar-refractivity contribution in [3.63, 3.8) is 0 Å². The Morgan fingerprint density at radius 2 is 2.00 bits per heavy atom. The molecule has 0 aliphatic carbocycles. The standard InChI is InChI=1S/C16H14BrClN2O2S/c1-21-16(22-2)9-6-7-13-10(8-9)15(20-23-13)19-12-5-3-4-11(17)14(12)18/h3-8,16H,1-2H3,(H,19,20). The zero-order chi connectivity index (χ0) is 16.4. The zero-order valence-corrected chi connectivity index (χ0v) is 15.6. The number of hydrogen-bond donors (Lipinski definition) is 1. The van der Waals surface area contributed by atoms with E-state index in [0.29, 0.717) is 5.02 Å². The van der Waals surface area contributed by atoms with Crippen LogP contribution in [0.4, 0.5) is 11.5 Å². The molecule has 1 heterocycles. The van der Waals surface area contributed by atoms with Gasteiger partial charge in [0.25, 0.3) is 0 Å². The molecule has 7 heteroatoms. The summed E-state index contributed by atoms with van der Waals surface area (Å²) >= 11 is 11.2. The summed E-state index contributed by atoms with van der Waals surface area (Å²) in [6.45, 7) is 0. The second-order valence-electron chi connectivity index (χ2n) is 4.82. The molecular weight excluding hydrogens is 400 g/mol. The molecule has 0 saturated heterocycles. The lowest BCUT2D eigenvalue weighted by molar-refractivity contribution is -0.105. The van der Waals surface area contributed by atoms with E-state index in [2.05, 4.69) is 25.6 Å². The van der Waals surface area contributed by atoms with Gasteiger partial charge >= 0.3 is 0 Å². The molecule has 0 amide bonds. The Hall–Kier alpha value is -1.18. The lowest BCUT2D eigenvalue weighted by atomic mass is 10.1. The summed E-state index contributed by atoms with van der Waals surface area (Å²) in [6.07, 6.45) is -0.401. The van der Waals surface area contributed by atoms with Gasteiger partial charge in [0, 0.05) is 29.6 Å². The molecule has 1 aromatic heterocycles. The van der Waals surface area contributed by atoms with Crippen molar-refractivity contribution in [2.75, 3.05) is 19.5 Å². The van der Waals surface area contributed by atoms with Crippen LogP contribution in [0.15, 0.2) is 40.9 Å². The number of hydrogen-bond acceptors (Lipinski definition) is 5. The molecule has 0 spiro atoms. The van der Waals surface area contributed by atoms with Gasteiger partial charge in [-0.2, -0.15) is 4.37 Å². The van der Waals surface area contributed by atoms with Crippen molar-refractivity contribution in [2.45, 2.75) is 6.29 Å². The number of nitrogens with zero attached hydrogens (tertiary/aromatic N) is 1. The molecule has 0 radical (unpaired) electrons. The van der Waals surface area contributed by atoms with Crippen LogP contribution < -0.4 is 5.32 Å². The fourth-order valence-corrected chi connectivity index (χ4v) is 3.55. The molecule has 0 saturated carbocycles. The number of nitrogens with one attached hydrogen (secondary N) is 1. The van der Waals surface area contributed by atoms with E-state index in [0.717, 1.165) is 31.6 Å². The molecule has 0 fully saturated rings. The van der Waals surface area contributed by atoms with Gasteiger partial charge in [-0.15, -0.1) is 0 Å². The summed E-state index contributed by atoms with van der Waals surface area (Å²) < 4.78 is 17.0. The molecule has 120 valence electrons. The Morgan fingerprint density at radius 1 is 1.22 bits per heavy atom. The van der Waals surface area contributed by atoms with Crippen LogP contribution >= 0.6 is 39.1 Å². The van der Waals surface area contributed by atoms with Gasteiger partial charge in [0.15, 0.2) is 12.1 Å². The molecular formula is C16H14BrClN2O2S. The van der Waals surface area contributed by atoms with Crippen LogP contribution in [0.5, 0.6) is 0 Å². The van der Waals surface area contributed by atoms with Crippen LogP contribution in [-0.2, 0) is 9.47 Å². The Kier molecular flexibility index (Phi) is 5.18. The largest absolute Gasteiger partial charge is 0.352 e. The fourth-order valence-electron chi connectivity index (χ4n) is 2.29. The van der Waals surface area contributed by atoms with Crippen LogP contribution in [0, 0.1) is 0 Å². The number of aromatic nitrogens is 1. The zero-order valence-electron chi connectivity index (χ0n) is 12.5. The van der Waals surface area contributed by atoms with Gasteiger partial charge in [0.1, 0.15) is 0 Å². The second-order valence-corrected chi connectivity index (χ2v) is 6.85. The number of benzene rings is 2. The minimum Gasteiger partial charge on any atom is -0.352 e. The SMILES string of the molecule is COC(OC)c1ccc2snc(Nc3cccc(Br)c3Cl)c2c1. The van der Waals surface area contributed by atoms with Crippen LogP contribution in [0.25, 0.3) is 10.1 Å². The monoisotopic (exact) mass is 412 g/mol. The van der Waals surface area contributed by atoms with Gasteiger partial charge in [-0.05, 0) is 51.7 Å². The molecule has 4 nitrogen and oxygen atoms in total. The maximum absolute atomic E-state index is 6.31. The highest BCUT2D eigenvalue weighted by atomic mass is 79.9. The van der Waals surface area contributed by atoms with E-state index in [9.17, 15) is 0 Å². The minimum absolute atomic E-state index is 0.401. The van der Waals surface area contributed by atoms with E-state index in [-0.39, 0.29) is 0 Å². The average Bonchev–Trinajstić information content (AvgIpc) is 2.95. The van der Waals surface area contributed by atoms with Crippen molar-refractivity contribution < 1.29 is 9.47 Å². The second kappa shape index (κ2) is 7.15. The van der Waals surface area contributed by atoms with Crippen molar-refractivity contribution in [3.05, 3.63) is 51.5 Å². The smallest absolute Gasteiger partial charge is 0.183 e. The molecule has 0 unspecified atom stereocenters. The third kappa shape index (κ3) is 3.36. The number of methoxy groups -OCH3 is 2. The highest BCUT2D eigenvalue weighted by molar-refractivity contribution is 9.10. The first kappa shape index (κ1) is 16.7. The van der Waals surface area contributed by atoms with Gasteiger partial charge in [0.05, 0.1) is 15.4 Å². The van der Waals surface area contributed by atoms with Crippen molar-refractivity contribution in [1.82, 2.24) is 4.37 Å². The molecule has 1 N–H and O–H groups in total. The summed E-state index contributed by atoms with van der Waals surface area (Å²) in [4.78, 5) is 0. The first-order chi connectivity index (χ1) is 11.1. The molecule has 0 bridgehead atoms. The molecule has 0 aliphatic rings. The maximum atomic E-state index is 6.31. The van der Waals surface area contributed by atoms with E-state index in [4.69, 9.17) is 21.1 Å². The minimum atomic E-state index is -0.401. The van der Waals surface area contributed by atoms with E-state index >= 15 is 0 Å². The van der Waals surface area contributed by atoms with Crippen LogP contribution in [0.1, 0.15) is 11.9 Å². The highest BCUT2D eigenvalue weighted by Gasteiger charge is 2.14. The van der Waals surface area contributed by atoms with E-state index in [1.54, 1.807) is 14.2 Å². The predicted octanol–water partition coefficient (Wildman–Crippen LogP) is 5.75. The third-order valence-electron chi connectivity index (χ3n) is 3.40. The van der Waals surface area contributed by atoms with Crippen LogP contribution in [0.3, 0.4) is 0 Å². The number of ether oxygens (including phenoxy) is 2. The van der Waals surface area contributed by atoms with Gasteiger partial charge in [0.2, 0.25) is 0 Å². The number of halogens is 2. The van der Waals surface area contributed by atoms with Crippen molar-refractivity contribution >= 4 is 60.7 Å². The van der Waals surface area contributed by atoms with Crippen LogP contribution in [-0.4, -0.2) is 18.6 Å².